The van der Waals surface area contributed by atoms with Crippen LogP contribution in [0.4, 0.5) is 8.78 Å². The van der Waals surface area contributed by atoms with Crippen LogP contribution in [0.3, 0.4) is 0 Å². The van der Waals surface area contributed by atoms with E-state index in [2.05, 4.69) is 0 Å². The molecule has 0 bridgehead atoms. The molecule has 0 unspecified atom stereocenters. The second-order valence-electron chi connectivity index (χ2n) is 8.51. The average molecular weight is 526 g/mol. The number of halogens is 2. The molecule has 0 atom stereocenters. The van der Waals surface area contributed by atoms with E-state index in [1.54, 1.807) is 23.9 Å². The molecule has 0 saturated carbocycles. The van der Waals surface area contributed by atoms with Gasteiger partial charge in [0.2, 0.25) is 0 Å². The Bertz CT molecular complexity index is 1550. The van der Waals surface area contributed by atoms with Gasteiger partial charge in [0.05, 0.1) is 11.1 Å². The largest absolute Gasteiger partial charge is 0.354 e. The number of carbonyl (C=O) groups excluding carboxylic acids is 1. The summed E-state index contributed by atoms with van der Waals surface area (Å²) in [7, 11) is 0. The van der Waals surface area contributed by atoms with Crippen molar-refractivity contribution in [3.05, 3.63) is 144 Å². The molecule has 0 amide bonds. The van der Waals surface area contributed by atoms with Gasteiger partial charge in [-0.25, -0.2) is 8.78 Å². The topological polar surface area (TPSA) is 21.4 Å². The third-order valence-corrected chi connectivity index (χ3v) is 7.99. The SMILES string of the molecule is Cc1ccc(F)cc1-c1cc(F)ccc1Sc1ccc(Sc2ccc(C(=[OH+])c3ccccc3)cc2)cc1. The fraction of sp³-hybridized carbons (Fsp3) is 0.0312. The molecule has 0 spiro atoms. The zero-order valence-electron chi connectivity index (χ0n) is 20.0. The van der Waals surface area contributed by atoms with Crippen molar-refractivity contribution in [1.29, 1.82) is 0 Å². The molecule has 0 aromatic heterocycles. The third-order valence-electron chi connectivity index (χ3n) is 5.89. The molecule has 0 heterocycles. The van der Waals surface area contributed by atoms with Gasteiger partial charge in [-0.05, 0) is 115 Å². The second kappa shape index (κ2) is 11.2. The highest BCUT2D eigenvalue weighted by molar-refractivity contribution is 7.99. The van der Waals surface area contributed by atoms with E-state index < -0.39 is 0 Å². The Morgan fingerprint density at radius 3 is 1.73 bits per heavy atom. The molecule has 0 saturated heterocycles. The summed E-state index contributed by atoms with van der Waals surface area (Å²) in [6, 6.07) is 34.7. The molecule has 37 heavy (non-hydrogen) atoms. The Labute approximate surface area is 223 Å². The van der Waals surface area contributed by atoms with Crippen molar-refractivity contribution >= 4 is 29.3 Å². The van der Waals surface area contributed by atoms with Crippen molar-refractivity contribution in [2.75, 3.05) is 0 Å². The lowest BCUT2D eigenvalue weighted by Crippen LogP contribution is -2.02. The Balaban J connectivity index is 1.30. The summed E-state index contributed by atoms with van der Waals surface area (Å²) in [4.78, 5) is 14.5. The summed E-state index contributed by atoms with van der Waals surface area (Å²) >= 11 is 3.15. The van der Waals surface area contributed by atoms with Crippen molar-refractivity contribution in [1.82, 2.24) is 0 Å². The molecule has 0 fully saturated rings. The van der Waals surface area contributed by atoms with Crippen molar-refractivity contribution < 1.29 is 13.6 Å². The lowest BCUT2D eigenvalue weighted by Gasteiger charge is -2.13. The minimum absolute atomic E-state index is 0.257. The molecule has 5 aromatic rings. The van der Waals surface area contributed by atoms with Crippen LogP contribution < -0.4 is 0 Å². The third kappa shape index (κ3) is 6.01. The zero-order valence-corrected chi connectivity index (χ0v) is 21.6. The van der Waals surface area contributed by atoms with E-state index in [4.69, 9.17) is 0 Å². The lowest BCUT2D eigenvalue weighted by molar-refractivity contribution is 0.625. The summed E-state index contributed by atoms with van der Waals surface area (Å²) in [6.45, 7) is 1.90. The van der Waals surface area contributed by atoms with Crippen LogP contribution in [0.5, 0.6) is 0 Å². The normalized spacial score (nSPS) is 10.9. The lowest BCUT2D eigenvalue weighted by atomic mass is 10.0. The van der Waals surface area contributed by atoms with E-state index in [0.717, 1.165) is 36.3 Å². The number of hydrogen-bond acceptors (Lipinski definition) is 2. The summed E-state index contributed by atoms with van der Waals surface area (Å²) in [5, 5.41) is 0. The minimum Gasteiger partial charge on any atom is -0.273 e. The van der Waals surface area contributed by atoms with Crippen LogP contribution in [0.1, 0.15) is 16.7 Å². The summed E-state index contributed by atoms with van der Waals surface area (Å²) in [5.41, 5.74) is 3.81. The van der Waals surface area contributed by atoms with Crippen LogP contribution in [0.2, 0.25) is 0 Å². The van der Waals surface area contributed by atoms with E-state index in [0.29, 0.717) is 11.1 Å². The molecule has 182 valence electrons. The Hall–Kier alpha value is -3.67. The fourth-order valence-corrected chi connectivity index (χ4v) is 5.73. The zero-order chi connectivity index (χ0) is 25.8. The molecule has 0 radical (unpaired) electrons. The first-order valence-corrected chi connectivity index (χ1v) is 13.3. The molecule has 5 rings (SSSR count). The van der Waals surface area contributed by atoms with E-state index in [-0.39, 0.29) is 17.4 Å². The molecular weight excluding hydrogens is 502 g/mol. The molecule has 0 aliphatic carbocycles. The smallest absolute Gasteiger partial charge is 0.273 e. The molecule has 1 nitrogen and oxygen atoms in total. The van der Waals surface area contributed by atoms with Crippen molar-refractivity contribution in [2.45, 2.75) is 26.5 Å². The molecule has 1 N–H and O–H groups in total. The van der Waals surface area contributed by atoms with Gasteiger partial charge >= 0.3 is 5.78 Å². The highest BCUT2D eigenvalue weighted by Gasteiger charge is 2.15. The van der Waals surface area contributed by atoms with Crippen molar-refractivity contribution in [2.24, 2.45) is 0 Å². The molecule has 0 aliphatic rings. The second-order valence-corrected chi connectivity index (χ2v) is 10.8. The van der Waals surface area contributed by atoms with E-state index >= 15 is 0 Å². The van der Waals surface area contributed by atoms with E-state index in [1.165, 1.54) is 36.0 Å². The minimum atomic E-state index is -0.351. The predicted octanol–water partition coefficient (Wildman–Crippen LogP) is 9.18. The monoisotopic (exact) mass is 525 g/mol. The van der Waals surface area contributed by atoms with Gasteiger partial charge in [-0.1, -0.05) is 47.8 Å². The van der Waals surface area contributed by atoms with Crippen LogP contribution in [-0.4, -0.2) is 10.6 Å². The molecule has 5 heteroatoms. The first-order chi connectivity index (χ1) is 18.0. The fourth-order valence-electron chi connectivity index (χ4n) is 3.97. The van der Waals surface area contributed by atoms with Gasteiger partial charge in [-0.2, -0.15) is 0 Å². The maximum atomic E-state index is 14.1. The van der Waals surface area contributed by atoms with E-state index in [9.17, 15) is 13.6 Å². The first kappa shape index (κ1) is 25.0. The van der Waals surface area contributed by atoms with Gasteiger partial charge in [0.1, 0.15) is 11.6 Å². The average Bonchev–Trinajstić information content (AvgIpc) is 2.93. The van der Waals surface area contributed by atoms with Crippen molar-refractivity contribution in [3.63, 3.8) is 0 Å². The molecule has 0 aliphatic heterocycles. The van der Waals surface area contributed by atoms with Gasteiger partial charge in [-0.3, -0.25) is 4.79 Å². The van der Waals surface area contributed by atoms with Crippen LogP contribution in [-0.2, 0) is 0 Å². The van der Waals surface area contributed by atoms with Crippen LogP contribution in [0.15, 0.2) is 135 Å². The Morgan fingerprint density at radius 1 is 0.568 bits per heavy atom. The van der Waals surface area contributed by atoms with Crippen LogP contribution in [0.25, 0.3) is 11.1 Å². The summed E-state index contributed by atoms with van der Waals surface area (Å²) < 4.78 is 28.0. The van der Waals surface area contributed by atoms with Gasteiger partial charge in [0.15, 0.2) is 0 Å². The number of benzene rings is 5. The number of hydrogen-bond donors (Lipinski definition) is 0. The van der Waals surface area contributed by atoms with Gasteiger partial charge in [0, 0.05) is 19.6 Å². The predicted molar refractivity (Wildman–Crippen MR) is 149 cm³/mol. The molecule has 5 aromatic carbocycles. The number of aryl methyl sites for hydroxylation is 1. The highest BCUT2D eigenvalue weighted by Crippen LogP contribution is 2.39. The first-order valence-electron chi connectivity index (χ1n) is 11.7. The Morgan fingerprint density at radius 2 is 1.08 bits per heavy atom. The summed E-state index contributed by atoms with van der Waals surface area (Å²) in [6.07, 6.45) is 0. The quantitative estimate of drug-likeness (QED) is 0.156. The maximum absolute atomic E-state index is 14.1. The number of rotatable bonds is 7. The summed E-state index contributed by atoms with van der Waals surface area (Å²) in [5.74, 6) is -0.439. The van der Waals surface area contributed by atoms with Gasteiger partial charge in [0.25, 0.3) is 0 Å². The van der Waals surface area contributed by atoms with Crippen molar-refractivity contribution in [3.8, 4) is 11.1 Å². The van der Waals surface area contributed by atoms with Crippen LogP contribution >= 0.6 is 23.5 Å². The Kier molecular flexibility index (Phi) is 7.54. The van der Waals surface area contributed by atoms with Crippen LogP contribution in [0, 0.1) is 18.6 Å². The standard InChI is InChI=1S/C32H22F2OS2/c1-21-7-10-24(33)19-29(21)30-20-25(34)11-18-31(30)37-28-16-14-27(15-17-28)36-26-12-8-23(9-13-26)32(35)22-5-3-2-4-6-22/h2-20H,1H3/p+1. The van der Waals surface area contributed by atoms with Gasteiger partial charge < -0.3 is 0 Å². The highest BCUT2D eigenvalue weighted by atomic mass is 32.2. The molecular formula is C32H23F2OS2+. The van der Waals surface area contributed by atoms with Gasteiger partial charge in [-0.15, -0.1) is 0 Å². The number of ketones is 1. The van der Waals surface area contributed by atoms with E-state index in [1.807, 2.05) is 85.8 Å². The maximum Gasteiger partial charge on any atom is 0.354 e.